The van der Waals surface area contributed by atoms with Crippen molar-refractivity contribution in [2.45, 2.75) is 31.4 Å². The van der Waals surface area contributed by atoms with Gasteiger partial charge >= 0.3 is 0 Å². The molecule has 7 heteroatoms. The summed E-state index contributed by atoms with van der Waals surface area (Å²) < 4.78 is 10.2. The number of fused-ring (bicyclic) bond motifs is 3. The van der Waals surface area contributed by atoms with Gasteiger partial charge in [-0.2, -0.15) is 10.2 Å². The van der Waals surface area contributed by atoms with Crippen LogP contribution >= 0.6 is 0 Å². The van der Waals surface area contributed by atoms with Crippen LogP contribution in [-0.2, 0) is 11.8 Å². The second kappa shape index (κ2) is 6.51. The van der Waals surface area contributed by atoms with Crippen LogP contribution in [0.3, 0.4) is 0 Å². The van der Waals surface area contributed by atoms with E-state index in [0.29, 0.717) is 11.8 Å². The van der Waals surface area contributed by atoms with Crippen LogP contribution in [0.5, 0.6) is 5.75 Å². The molecule has 3 aromatic rings. The van der Waals surface area contributed by atoms with Gasteiger partial charge in [-0.3, -0.25) is 9.48 Å². The van der Waals surface area contributed by atoms with Crippen LogP contribution in [0.4, 0.5) is 0 Å². The fraction of sp³-hybridized carbons (Fsp3) is 0.381. The van der Waals surface area contributed by atoms with Crippen LogP contribution in [0, 0.1) is 11.8 Å². The second-order valence-corrected chi connectivity index (χ2v) is 7.86. The van der Waals surface area contributed by atoms with Crippen LogP contribution in [-0.4, -0.2) is 37.4 Å². The Morgan fingerprint density at radius 3 is 2.86 bits per heavy atom. The van der Waals surface area contributed by atoms with Crippen LogP contribution in [0.2, 0.25) is 0 Å². The molecule has 28 heavy (non-hydrogen) atoms. The molecule has 0 spiro atoms. The molecule has 7 nitrogen and oxygen atoms in total. The summed E-state index contributed by atoms with van der Waals surface area (Å²) in [6, 6.07) is 4.30. The molecule has 4 unspecified atom stereocenters. The Hall–Kier alpha value is -3.09. The van der Waals surface area contributed by atoms with E-state index < -0.39 is 0 Å². The summed E-state index contributed by atoms with van der Waals surface area (Å²) in [6.07, 6.45) is 12.2. The zero-order chi connectivity index (χ0) is 19.3. The molecule has 0 saturated heterocycles. The molecule has 2 bridgehead atoms. The predicted octanol–water partition coefficient (Wildman–Crippen LogP) is 2.58. The fourth-order valence-electron chi connectivity index (χ4n) is 4.77. The second-order valence-electron chi connectivity index (χ2n) is 7.86. The van der Waals surface area contributed by atoms with Gasteiger partial charge in [0.2, 0.25) is 5.91 Å². The lowest BCUT2D eigenvalue weighted by Crippen LogP contribution is -2.41. The lowest BCUT2D eigenvalue weighted by atomic mass is 9.93. The summed E-state index contributed by atoms with van der Waals surface area (Å²) in [7, 11) is 1.91. The largest absolute Gasteiger partial charge is 0.488 e. The van der Waals surface area contributed by atoms with Gasteiger partial charge in [0, 0.05) is 36.6 Å². The van der Waals surface area contributed by atoms with Crippen molar-refractivity contribution in [3.63, 3.8) is 0 Å². The molecule has 3 heterocycles. The maximum Gasteiger partial charge on any atom is 0.243 e. The molecular weight excluding hydrogens is 354 g/mol. The smallest absolute Gasteiger partial charge is 0.243 e. The van der Waals surface area contributed by atoms with E-state index in [4.69, 9.17) is 4.74 Å². The maximum absolute atomic E-state index is 11.6. The molecule has 2 saturated carbocycles. The van der Waals surface area contributed by atoms with Crippen molar-refractivity contribution in [2.75, 3.05) is 0 Å². The molecule has 1 amide bonds. The third kappa shape index (κ3) is 2.87. The number of nitrogens with zero attached hydrogens (tertiary/aromatic N) is 4. The van der Waals surface area contributed by atoms with Crippen molar-refractivity contribution in [2.24, 2.45) is 18.9 Å². The van der Waals surface area contributed by atoms with Crippen molar-refractivity contribution < 1.29 is 9.53 Å². The molecule has 5 rings (SSSR count). The zero-order valence-electron chi connectivity index (χ0n) is 15.8. The number of hydrogen-bond acceptors (Lipinski definition) is 4. The molecule has 2 aliphatic carbocycles. The molecule has 144 valence electrons. The number of hydrogen-bond donors (Lipinski definition) is 1. The number of aromatic nitrogens is 4. The first-order valence-electron chi connectivity index (χ1n) is 9.66. The minimum Gasteiger partial charge on any atom is -0.488 e. The van der Waals surface area contributed by atoms with E-state index in [9.17, 15) is 4.79 Å². The molecule has 3 aromatic heterocycles. The molecular formula is C21H23N5O2. The van der Waals surface area contributed by atoms with Crippen molar-refractivity contribution in [1.82, 2.24) is 24.7 Å². The number of carbonyl (C=O) groups excluding carboxylic acids is 1. The highest BCUT2D eigenvalue weighted by Crippen LogP contribution is 2.46. The number of ether oxygens (including phenoxy) is 1. The fourth-order valence-corrected chi connectivity index (χ4v) is 4.77. The van der Waals surface area contributed by atoms with E-state index in [1.807, 2.05) is 36.2 Å². The minimum atomic E-state index is -0.0832. The Morgan fingerprint density at radius 1 is 1.25 bits per heavy atom. The van der Waals surface area contributed by atoms with Crippen LogP contribution in [0.25, 0.3) is 16.6 Å². The Kier molecular flexibility index (Phi) is 3.96. The SMILES string of the molecule is C=CC(=O)NC1CC2CC1CC2Oc1cc(-c2cnn(C)c2)cn2nccc12. The monoisotopic (exact) mass is 377 g/mol. The summed E-state index contributed by atoms with van der Waals surface area (Å²) in [5.74, 6) is 1.70. The van der Waals surface area contributed by atoms with Gasteiger partial charge in [0.25, 0.3) is 0 Å². The first kappa shape index (κ1) is 17.0. The lowest BCUT2D eigenvalue weighted by Gasteiger charge is -2.29. The van der Waals surface area contributed by atoms with Crippen LogP contribution in [0.15, 0.2) is 49.6 Å². The highest BCUT2D eigenvalue weighted by atomic mass is 16.5. The highest BCUT2D eigenvalue weighted by molar-refractivity contribution is 5.87. The Bertz CT molecular complexity index is 1050. The van der Waals surface area contributed by atoms with E-state index in [1.54, 1.807) is 10.9 Å². The van der Waals surface area contributed by atoms with Crippen molar-refractivity contribution in [3.05, 3.63) is 49.6 Å². The standard InChI is InChI=1S/C21H23N5O2/c1-3-21(27)24-17-7-14-6-13(17)8-19(14)28-20-9-15(16-10-23-25(2)11-16)12-26-18(20)4-5-22-26/h3-5,9-14,17,19H,1,6-8H2,2H3,(H,24,27). The molecule has 2 aliphatic rings. The average molecular weight is 377 g/mol. The van der Waals surface area contributed by atoms with E-state index in [-0.39, 0.29) is 18.1 Å². The quantitative estimate of drug-likeness (QED) is 0.694. The van der Waals surface area contributed by atoms with Gasteiger partial charge in [-0.15, -0.1) is 0 Å². The van der Waals surface area contributed by atoms with Gasteiger partial charge < -0.3 is 10.1 Å². The number of carbonyl (C=O) groups is 1. The molecule has 0 aromatic carbocycles. The average Bonchev–Trinajstić information content (AvgIpc) is 3.45. The van der Waals surface area contributed by atoms with Crippen molar-refractivity contribution in [1.29, 1.82) is 0 Å². The Labute approximate surface area is 163 Å². The Morgan fingerprint density at radius 2 is 2.14 bits per heavy atom. The Balaban J connectivity index is 1.38. The topological polar surface area (TPSA) is 73.5 Å². The predicted molar refractivity (Wildman–Crippen MR) is 105 cm³/mol. The number of pyridine rings is 1. The van der Waals surface area contributed by atoms with Crippen LogP contribution in [0.1, 0.15) is 19.3 Å². The zero-order valence-corrected chi connectivity index (χ0v) is 15.8. The summed E-state index contributed by atoms with van der Waals surface area (Å²) in [6.45, 7) is 3.54. The molecule has 0 aliphatic heterocycles. The van der Waals surface area contributed by atoms with Gasteiger partial charge in [-0.25, -0.2) is 4.52 Å². The first-order valence-corrected chi connectivity index (χ1v) is 9.66. The summed E-state index contributed by atoms with van der Waals surface area (Å²) in [5, 5.41) is 11.7. The summed E-state index contributed by atoms with van der Waals surface area (Å²) >= 11 is 0. The van der Waals surface area contributed by atoms with Gasteiger partial charge in [0.1, 0.15) is 17.4 Å². The van der Waals surface area contributed by atoms with Gasteiger partial charge in [-0.05, 0) is 49.3 Å². The van der Waals surface area contributed by atoms with Crippen molar-refractivity contribution >= 4 is 11.4 Å². The normalized spacial score (nSPS) is 25.9. The van der Waals surface area contributed by atoms with Crippen molar-refractivity contribution in [3.8, 4) is 16.9 Å². The molecule has 2 fully saturated rings. The molecule has 0 radical (unpaired) electrons. The van der Waals surface area contributed by atoms with E-state index in [1.165, 1.54) is 6.08 Å². The van der Waals surface area contributed by atoms with Gasteiger partial charge in [0.05, 0.1) is 12.4 Å². The van der Waals surface area contributed by atoms with Gasteiger partial charge in [-0.1, -0.05) is 6.58 Å². The summed E-state index contributed by atoms with van der Waals surface area (Å²) in [5.41, 5.74) is 3.02. The number of rotatable bonds is 5. The maximum atomic E-state index is 11.6. The van der Waals surface area contributed by atoms with Crippen LogP contribution < -0.4 is 10.1 Å². The first-order chi connectivity index (χ1) is 13.6. The molecule has 1 N–H and O–H groups in total. The minimum absolute atomic E-state index is 0.0832. The lowest BCUT2D eigenvalue weighted by molar-refractivity contribution is -0.117. The van der Waals surface area contributed by atoms with Gasteiger partial charge in [0.15, 0.2) is 0 Å². The van der Waals surface area contributed by atoms with E-state index in [0.717, 1.165) is 41.7 Å². The third-order valence-electron chi connectivity index (χ3n) is 6.09. The summed E-state index contributed by atoms with van der Waals surface area (Å²) in [4.78, 5) is 11.6. The number of aryl methyl sites for hydroxylation is 1. The van der Waals surface area contributed by atoms with E-state index in [2.05, 4.69) is 28.2 Å². The van der Waals surface area contributed by atoms with E-state index >= 15 is 0 Å². The highest BCUT2D eigenvalue weighted by Gasteiger charge is 2.47. The number of nitrogens with one attached hydrogen (secondary N) is 1. The molecule has 4 atom stereocenters. The third-order valence-corrected chi connectivity index (χ3v) is 6.09. The number of amides is 1.